The Labute approximate surface area is 100 Å². The summed E-state index contributed by atoms with van der Waals surface area (Å²) in [6.07, 6.45) is 2.13. The van der Waals surface area contributed by atoms with Crippen LogP contribution in [-0.2, 0) is 0 Å². The summed E-state index contributed by atoms with van der Waals surface area (Å²) in [5.41, 5.74) is 0. The van der Waals surface area contributed by atoms with Crippen LogP contribution in [0.5, 0.6) is 0 Å². The van der Waals surface area contributed by atoms with Crippen LogP contribution in [0.4, 0.5) is 5.13 Å². The van der Waals surface area contributed by atoms with Gasteiger partial charge in [0.2, 0.25) is 5.13 Å². The van der Waals surface area contributed by atoms with Crippen LogP contribution in [-0.4, -0.2) is 26.9 Å². The summed E-state index contributed by atoms with van der Waals surface area (Å²) in [5.74, 6) is 1.34. The van der Waals surface area contributed by atoms with Gasteiger partial charge in [0.05, 0.1) is 0 Å². The summed E-state index contributed by atoms with van der Waals surface area (Å²) in [6.45, 7) is 9.57. The number of rotatable bonds is 5. The molecule has 86 valence electrons. The van der Waals surface area contributed by atoms with Gasteiger partial charge in [0.15, 0.2) is 0 Å². The van der Waals surface area contributed by atoms with E-state index in [1.807, 2.05) is 11.8 Å². The molecule has 0 radical (unpaired) electrons. The molecule has 0 aliphatic carbocycles. The smallest absolute Gasteiger partial charge is 0.202 e. The monoisotopic (exact) mass is 245 g/mol. The van der Waals surface area contributed by atoms with Crippen molar-refractivity contribution < 1.29 is 0 Å². The van der Waals surface area contributed by atoms with E-state index in [0.29, 0.717) is 5.92 Å². The van der Waals surface area contributed by atoms with E-state index in [0.717, 1.165) is 17.5 Å². The molecule has 0 aromatic carbocycles. The molecule has 1 heterocycles. The van der Waals surface area contributed by atoms with Crippen LogP contribution in [0.2, 0.25) is 0 Å². The highest BCUT2D eigenvalue weighted by atomic mass is 32.2. The van der Waals surface area contributed by atoms with E-state index < -0.39 is 0 Å². The van der Waals surface area contributed by atoms with E-state index in [4.69, 9.17) is 0 Å². The van der Waals surface area contributed by atoms with Gasteiger partial charge in [-0.1, -0.05) is 13.8 Å². The molecule has 5 heteroatoms. The normalized spacial score (nSPS) is 12.1. The molecule has 0 aliphatic heterocycles. The fourth-order valence-electron chi connectivity index (χ4n) is 0.902. The number of aromatic nitrogens is 2. The van der Waals surface area contributed by atoms with Gasteiger partial charge >= 0.3 is 0 Å². The molecule has 15 heavy (non-hydrogen) atoms. The van der Waals surface area contributed by atoms with Crippen LogP contribution in [0.25, 0.3) is 0 Å². The molecule has 0 fully saturated rings. The molecule has 0 amide bonds. The first kappa shape index (κ1) is 12.8. The maximum absolute atomic E-state index is 4.43. The highest BCUT2D eigenvalue weighted by molar-refractivity contribution is 7.99. The number of hydrogen-bond donors (Lipinski definition) is 1. The zero-order chi connectivity index (χ0) is 11.5. The molecule has 1 aromatic rings. The van der Waals surface area contributed by atoms with Gasteiger partial charge in [0.25, 0.3) is 0 Å². The Morgan fingerprint density at radius 3 is 2.60 bits per heavy atom. The van der Waals surface area contributed by atoms with E-state index in [2.05, 4.69) is 48.6 Å². The first-order valence-electron chi connectivity index (χ1n) is 5.07. The summed E-state index contributed by atoms with van der Waals surface area (Å²) in [7, 11) is 0. The average Bonchev–Trinajstić information content (AvgIpc) is 2.63. The van der Waals surface area contributed by atoms with Crippen molar-refractivity contribution in [3.8, 4) is 0 Å². The first-order valence-corrected chi connectivity index (χ1v) is 7.07. The lowest BCUT2D eigenvalue weighted by Gasteiger charge is -2.21. The van der Waals surface area contributed by atoms with Crippen molar-refractivity contribution in [2.24, 2.45) is 0 Å². The molecule has 0 atom stereocenters. The van der Waals surface area contributed by atoms with Crippen molar-refractivity contribution in [2.45, 2.75) is 38.4 Å². The van der Waals surface area contributed by atoms with E-state index in [1.165, 1.54) is 11.5 Å². The maximum Gasteiger partial charge on any atom is 0.202 e. The summed E-state index contributed by atoms with van der Waals surface area (Å²) >= 11 is 3.30. The van der Waals surface area contributed by atoms with Gasteiger partial charge in [-0.3, -0.25) is 0 Å². The van der Waals surface area contributed by atoms with Crippen molar-refractivity contribution >= 4 is 28.4 Å². The predicted molar refractivity (Wildman–Crippen MR) is 70.1 cm³/mol. The van der Waals surface area contributed by atoms with Crippen molar-refractivity contribution in [1.29, 1.82) is 0 Å². The summed E-state index contributed by atoms with van der Waals surface area (Å²) < 4.78 is 4.54. The molecule has 1 N–H and O–H groups in total. The molecule has 0 saturated carbocycles. The van der Waals surface area contributed by atoms with Gasteiger partial charge in [0, 0.05) is 28.7 Å². The molecular formula is C10H19N3S2. The van der Waals surface area contributed by atoms with Crippen molar-refractivity contribution in [3.63, 3.8) is 0 Å². The third kappa shape index (κ3) is 3.99. The molecule has 0 aliphatic rings. The molecule has 0 saturated heterocycles. The first-order chi connectivity index (χ1) is 6.94. The summed E-state index contributed by atoms with van der Waals surface area (Å²) in [4.78, 5) is 4.43. The second-order valence-corrected chi connectivity index (χ2v) is 6.70. The van der Waals surface area contributed by atoms with E-state index in [-0.39, 0.29) is 4.75 Å². The van der Waals surface area contributed by atoms with E-state index in [1.54, 1.807) is 0 Å². The summed E-state index contributed by atoms with van der Waals surface area (Å²) in [6, 6.07) is 0. The minimum atomic E-state index is 0.240. The maximum atomic E-state index is 4.43. The minimum absolute atomic E-state index is 0.240. The molecule has 1 aromatic heterocycles. The Bertz CT molecular complexity index is 307. The van der Waals surface area contributed by atoms with Crippen molar-refractivity contribution in [3.05, 3.63) is 5.82 Å². The lowest BCUT2D eigenvalue weighted by Crippen LogP contribution is -2.25. The largest absolute Gasteiger partial charge is 0.359 e. The van der Waals surface area contributed by atoms with Gasteiger partial charge in [-0.05, 0) is 20.1 Å². The van der Waals surface area contributed by atoms with Crippen LogP contribution < -0.4 is 5.32 Å². The van der Waals surface area contributed by atoms with Crippen LogP contribution in [0.15, 0.2) is 0 Å². The fraction of sp³-hybridized carbons (Fsp3) is 0.800. The van der Waals surface area contributed by atoms with Crippen LogP contribution in [0.1, 0.15) is 39.4 Å². The van der Waals surface area contributed by atoms with Crippen molar-refractivity contribution in [1.82, 2.24) is 9.36 Å². The third-order valence-electron chi connectivity index (χ3n) is 2.18. The molecule has 0 unspecified atom stereocenters. The second kappa shape index (κ2) is 5.16. The zero-order valence-corrected chi connectivity index (χ0v) is 11.6. The second-order valence-electron chi connectivity index (χ2n) is 4.43. The highest BCUT2D eigenvalue weighted by Crippen LogP contribution is 2.23. The zero-order valence-electron chi connectivity index (χ0n) is 10.00. The summed E-state index contributed by atoms with van der Waals surface area (Å²) in [5, 5.41) is 4.27. The van der Waals surface area contributed by atoms with Gasteiger partial charge in [-0.2, -0.15) is 16.1 Å². The lowest BCUT2D eigenvalue weighted by molar-refractivity contribution is 0.749. The van der Waals surface area contributed by atoms with Crippen molar-refractivity contribution in [2.75, 3.05) is 18.1 Å². The number of anilines is 1. The van der Waals surface area contributed by atoms with Gasteiger partial charge in [0.1, 0.15) is 5.82 Å². The number of hydrogen-bond acceptors (Lipinski definition) is 5. The molecule has 0 spiro atoms. The number of nitrogens with zero attached hydrogens (tertiary/aromatic N) is 2. The van der Waals surface area contributed by atoms with E-state index >= 15 is 0 Å². The standard InChI is InChI=1S/C10H19N3S2/c1-7(2)8-12-9(15-13-8)11-6-10(3,4)14-5/h7H,6H2,1-5H3,(H,11,12,13). The fourth-order valence-corrected chi connectivity index (χ4v) is 1.82. The topological polar surface area (TPSA) is 37.8 Å². The Balaban J connectivity index is 2.51. The molecule has 3 nitrogen and oxygen atoms in total. The average molecular weight is 245 g/mol. The number of thioether (sulfide) groups is 1. The number of nitrogens with one attached hydrogen (secondary N) is 1. The molecule has 0 bridgehead atoms. The third-order valence-corrected chi connectivity index (χ3v) is 4.11. The highest BCUT2D eigenvalue weighted by Gasteiger charge is 2.16. The Morgan fingerprint density at radius 2 is 2.13 bits per heavy atom. The Morgan fingerprint density at radius 1 is 1.47 bits per heavy atom. The van der Waals surface area contributed by atoms with Gasteiger partial charge < -0.3 is 5.32 Å². The van der Waals surface area contributed by atoms with Crippen LogP contribution in [0.3, 0.4) is 0 Å². The van der Waals surface area contributed by atoms with Crippen LogP contribution in [0, 0.1) is 0 Å². The van der Waals surface area contributed by atoms with E-state index in [9.17, 15) is 0 Å². The Kier molecular flexibility index (Phi) is 4.40. The minimum Gasteiger partial charge on any atom is -0.359 e. The van der Waals surface area contributed by atoms with Gasteiger partial charge in [-0.25, -0.2) is 4.98 Å². The lowest BCUT2D eigenvalue weighted by atomic mass is 10.2. The molecular weight excluding hydrogens is 226 g/mol. The predicted octanol–water partition coefficient (Wildman–Crippen LogP) is 3.22. The molecule has 1 rings (SSSR count). The SMILES string of the molecule is CSC(C)(C)CNc1nc(C(C)C)ns1. The van der Waals surface area contributed by atoms with Crippen LogP contribution >= 0.6 is 23.3 Å². The van der Waals surface area contributed by atoms with Gasteiger partial charge in [-0.15, -0.1) is 0 Å². The quantitative estimate of drug-likeness (QED) is 0.864. The Hall–Kier alpha value is -0.290.